The fourth-order valence-corrected chi connectivity index (χ4v) is 1.98. The third kappa shape index (κ3) is 5.05. The monoisotopic (exact) mass is 233 g/mol. The molecule has 0 amide bonds. The van der Waals surface area contributed by atoms with Crippen molar-refractivity contribution in [1.29, 1.82) is 0 Å². The Balaban J connectivity index is 4.56. The van der Waals surface area contributed by atoms with Gasteiger partial charge >= 0.3 is 14.0 Å². The molecule has 0 aromatic carbocycles. The van der Waals surface area contributed by atoms with Crippen LogP contribution in [0.15, 0.2) is 12.7 Å². The molecule has 0 rings (SSSR count). The summed E-state index contributed by atoms with van der Waals surface area (Å²) in [4.78, 5) is 20.1. The average molecular weight is 233 g/mol. The van der Waals surface area contributed by atoms with Gasteiger partial charge in [-0.2, -0.15) is 4.89 Å². The Hall–Kier alpha value is -0.730. The average Bonchev–Trinajstić information content (AvgIpc) is 2.00. The van der Waals surface area contributed by atoms with Gasteiger partial charge in [-0.15, -0.1) is 0 Å². The minimum Gasteiger partial charge on any atom is -0.456 e. The molecule has 4 nitrogen and oxygen atoms in total. The molecule has 5 heteroatoms. The summed E-state index contributed by atoms with van der Waals surface area (Å²) < 4.78 is 16.1. The first-order valence-electron chi connectivity index (χ1n) is 4.62. The standard InChI is InChI=1S/C10H17O4P/c1-6-8(11)14-9(2,3)7-10(4,5)15(12)13/h6H,1,7H2,2-5H3/p+1. The van der Waals surface area contributed by atoms with Crippen LogP contribution < -0.4 is 0 Å². The first kappa shape index (κ1) is 14.3. The van der Waals surface area contributed by atoms with Gasteiger partial charge in [0, 0.05) is 12.5 Å². The molecule has 1 atom stereocenters. The van der Waals surface area contributed by atoms with E-state index in [1.165, 1.54) is 0 Å². The molecule has 0 bridgehead atoms. The summed E-state index contributed by atoms with van der Waals surface area (Å²) >= 11 is 0. The topological polar surface area (TPSA) is 63.6 Å². The fourth-order valence-electron chi connectivity index (χ4n) is 1.46. The highest BCUT2D eigenvalue weighted by atomic mass is 31.1. The summed E-state index contributed by atoms with van der Waals surface area (Å²) in [6, 6.07) is 0. The lowest BCUT2D eigenvalue weighted by Crippen LogP contribution is -2.35. The molecule has 1 unspecified atom stereocenters. The van der Waals surface area contributed by atoms with E-state index in [0.29, 0.717) is 6.42 Å². The van der Waals surface area contributed by atoms with Crippen LogP contribution in [-0.4, -0.2) is 21.6 Å². The lowest BCUT2D eigenvalue weighted by molar-refractivity contribution is -0.151. The molecule has 0 aliphatic rings. The van der Waals surface area contributed by atoms with Gasteiger partial charge in [-0.3, -0.25) is 0 Å². The minimum atomic E-state index is -2.30. The van der Waals surface area contributed by atoms with Crippen molar-refractivity contribution in [2.24, 2.45) is 0 Å². The van der Waals surface area contributed by atoms with Crippen LogP contribution >= 0.6 is 8.03 Å². The highest BCUT2D eigenvalue weighted by Crippen LogP contribution is 2.41. The van der Waals surface area contributed by atoms with Crippen molar-refractivity contribution < 1.29 is 19.0 Å². The number of carbonyl (C=O) groups is 1. The van der Waals surface area contributed by atoms with Crippen molar-refractivity contribution in [2.75, 3.05) is 0 Å². The molecule has 0 aliphatic carbocycles. The number of carbonyl (C=O) groups excluding carboxylic acids is 1. The Morgan fingerprint density at radius 2 is 1.93 bits per heavy atom. The zero-order chi connectivity index (χ0) is 12.3. The van der Waals surface area contributed by atoms with Gasteiger partial charge in [-0.05, 0) is 32.3 Å². The number of esters is 1. The van der Waals surface area contributed by atoms with Gasteiger partial charge < -0.3 is 4.74 Å². The predicted octanol–water partition coefficient (Wildman–Crippen LogP) is 2.40. The molecular weight excluding hydrogens is 215 g/mol. The molecule has 0 radical (unpaired) electrons. The Morgan fingerprint density at radius 1 is 1.47 bits per heavy atom. The zero-order valence-corrected chi connectivity index (χ0v) is 10.5. The van der Waals surface area contributed by atoms with Gasteiger partial charge in [-0.1, -0.05) is 6.58 Å². The molecular formula is C10H18O4P+. The smallest absolute Gasteiger partial charge is 0.456 e. The highest BCUT2D eigenvalue weighted by Gasteiger charge is 2.45. The molecule has 0 spiro atoms. The molecule has 0 aromatic rings. The minimum absolute atomic E-state index is 0.311. The summed E-state index contributed by atoms with van der Waals surface area (Å²) in [6.45, 7) is 10.0. The third-order valence-electron chi connectivity index (χ3n) is 1.92. The number of ether oxygens (including phenoxy) is 1. The summed E-state index contributed by atoms with van der Waals surface area (Å²) in [6.07, 6.45) is 1.39. The van der Waals surface area contributed by atoms with Gasteiger partial charge in [-0.25, -0.2) is 4.79 Å². The molecule has 0 fully saturated rings. The van der Waals surface area contributed by atoms with Gasteiger partial charge in [0.25, 0.3) is 0 Å². The second-order valence-corrected chi connectivity index (χ2v) is 6.40. The van der Waals surface area contributed by atoms with E-state index in [4.69, 9.17) is 9.63 Å². The van der Waals surface area contributed by atoms with Gasteiger partial charge in [0.2, 0.25) is 0 Å². The van der Waals surface area contributed by atoms with Crippen molar-refractivity contribution in [2.45, 2.75) is 44.9 Å². The van der Waals surface area contributed by atoms with Crippen LogP contribution in [0.25, 0.3) is 0 Å². The zero-order valence-electron chi connectivity index (χ0n) is 9.61. The van der Waals surface area contributed by atoms with Crippen molar-refractivity contribution in [1.82, 2.24) is 0 Å². The van der Waals surface area contributed by atoms with Crippen molar-refractivity contribution in [3.8, 4) is 0 Å². The molecule has 1 N–H and O–H groups in total. The highest BCUT2D eigenvalue weighted by molar-refractivity contribution is 7.39. The Labute approximate surface area is 91.2 Å². The van der Waals surface area contributed by atoms with Gasteiger partial charge in [0.15, 0.2) is 5.16 Å². The summed E-state index contributed by atoms with van der Waals surface area (Å²) in [5, 5.41) is -0.777. The molecule has 0 saturated carbocycles. The van der Waals surface area contributed by atoms with Crippen molar-refractivity contribution >= 4 is 14.0 Å². The van der Waals surface area contributed by atoms with E-state index in [2.05, 4.69) is 6.58 Å². The quantitative estimate of drug-likeness (QED) is 0.450. The SMILES string of the molecule is C=CC(=O)OC(C)(C)CC(C)(C)[P+](=O)O. The van der Waals surface area contributed by atoms with E-state index in [9.17, 15) is 9.36 Å². The van der Waals surface area contributed by atoms with Crippen molar-refractivity contribution in [3.05, 3.63) is 12.7 Å². The molecule has 86 valence electrons. The van der Waals surface area contributed by atoms with E-state index >= 15 is 0 Å². The summed E-state index contributed by atoms with van der Waals surface area (Å²) in [5.41, 5.74) is -0.775. The van der Waals surface area contributed by atoms with Crippen LogP contribution in [0.3, 0.4) is 0 Å². The maximum Gasteiger partial charge on any atom is 0.511 e. The van der Waals surface area contributed by atoms with E-state index in [1.807, 2.05) is 0 Å². The number of rotatable bonds is 5. The molecule has 15 heavy (non-hydrogen) atoms. The first-order chi connectivity index (χ1) is 6.60. The summed E-state index contributed by atoms with van der Waals surface area (Å²) in [5.74, 6) is -0.524. The van der Waals surface area contributed by atoms with E-state index in [1.54, 1.807) is 27.7 Å². The number of hydrogen-bond acceptors (Lipinski definition) is 3. The third-order valence-corrected chi connectivity index (χ3v) is 3.11. The molecule has 0 aromatic heterocycles. The van der Waals surface area contributed by atoms with Gasteiger partial charge in [0.05, 0.1) is 0 Å². The maximum atomic E-state index is 11.0. The Kier molecular flexibility index (Phi) is 4.63. The van der Waals surface area contributed by atoms with Crippen LogP contribution in [-0.2, 0) is 14.1 Å². The predicted molar refractivity (Wildman–Crippen MR) is 58.9 cm³/mol. The fraction of sp³-hybridized carbons (Fsp3) is 0.700. The summed E-state index contributed by atoms with van der Waals surface area (Å²) in [7, 11) is -2.30. The van der Waals surface area contributed by atoms with E-state index in [0.717, 1.165) is 6.08 Å². The molecule has 0 saturated heterocycles. The maximum absolute atomic E-state index is 11.0. The lowest BCUT2D eigenvalue weighted by Gasteiger charge is -2.27. The Morgan fingerprint density at radius 3 is 2.27 bits per heavy atom. The lowest BCUT2D eigenvalue weighted by atomic mass is 9.95. The Bertz CT molecular complexity index is 281. The van der Waals surface area contributed by atoms with E-state index in [-0.39, 0.29) is 0 Å². The van der Waals surface area contributed by atoms with Crippen LogP contribution in [0.5, 0.6) is 0 Å². The van der Waals surface area contributed by atoms with E-state index < -0.39 is 24.8 Å². The normalized spacial score (nSPS) is 13.3. The molecule has 0 heterocycles. The number of hydrogen-bond donors (Lipinski definition) is 1. The first-order valence-corrected chi connectivity index (χ1v) is 5.83. The largest absolute Gasteiger partial charge is 0.511 e. The second-order valence-electron chi connectivity index (χ2n) is 4.65. The molecule has 0 aliphatic heterocycles. The van der Waals surface area contributed by atoms with Crippen LogP contribution in [0.1, 0.15) is 34.1 Å². The van der Waals surface area contributed by atoms with Crippen LogP contribution in [0.2, 0.25) is 0 Å². The van der Waals surface area contributed by atoms with Crippen molar-refractivity contribution in [3.63, 3.8) is 0 Å². The van der Waals surface area contributed by atoms with Gasteiger partial charge in [0.1, 0.15) is 5.60 Å². The van der Waals surface area contributed by atoms with Crippen LogP contribution in [0, 0.1) is 0 Å². The second kappa shape index (κ2) is 4.86. The van der Waals surface area contributed by atoms with Crippen LogP contribution in [0.4, 0.5) is 0 Å².